The minimum atomic E-state index is -4.43. The second-order valence-electron chi connectivity index (χ2n) is 5.50. The Morgan fingerprint density at radius 2 is 1.56 bits per heavy atom. The molecule has 0 atom stereocenters. The summed E-state index contributed by atoms with van der Waals surface area (Å²) in [6.07, 6.45) is -4.43. The molecule has 0 amide bonds. The molecule has 2 aromatic carbocycles. The topological polar surface area (TPSA) is 49.0 Å². The first-order valence-corrected chi connectivity index (χ1v) is 8.27. The Morgan fingerprint density at radius 1 is 0.852 bits per heavy atom. The third kappa shape index (κ3) is 6.56. The smallest absolute Gasteiger partial charge is 0.416 e. The average molecular weight is 385 g/mol. The number of anilines is 1. The largest absolute Gasteiger partial charge is 0.497 e. The molecule has 2 aromatic rings. The lowest BCUT2D eigenvalue weighted by Gasteiger charge is -2.16. The molecule has 0 bridgehead atoms. The molecule has 8 heteroatoms. The van der Waals surface area contributed by atoms with Crippen LogP contribution in [0.2, 0.25) is 0 Å². The van der Waals surface area contributed by atoms with Crippen LogP contribution in [0.5, 0.6) is 17.2 Å². The SMILES string of the molecule is COCCOc1ccc(C(F)(F)F)cc1NCCOc1ccc(OC)cc1. The normalized spacial score (nSPS) is 11.1. The molecule has 0 aliphatic carbocycles. The Labute approximate surface area is 156 Å². The monoisotopic (exact) mass is 385 g/mol. The van der Waals surface area contributed by atoms with E-state index in [0.717, 1.165) is 12.1 Å². The third-order valence-corrected chi connectivity index (χ3v) is 3.60. The fourth-order valence-corrected chi connectivity index (χ4v) is 2.23. The summed E-state index contributed by atoms with van der Waals surface area (Å²) < 4.78 is 59.9. The number of nitrogens with one attached hydrogen (secondary N) is 1. The second kappa shape index (κ2) is 9.91. The van der Waals surface area contributed by atoms with Gasteiger partial charge in [-0.15, -0.1) is 0 Å². The van der Waals surface area contributed by atoms with Crippen LogP contribution in [0.1, 0.15) is 5.56 Å². The maximum Gasteiger partial charge on any atom is 0.416 e. The van der Waals surface area contributed by atoms with Gasteiger partial charge < -0.3 is 24.3 Å². The van der Waals surface area contributed by atoms with Gasteiger partial charge in [-0.1, -0.05) is 0 Å². The summed E-state index contributed by atoms with van der Waals surface area (Å²) in [7, 11) is 3.09. The number of methoxy groups -OCH3 is 2. The lowest BCUT2D eigenvalue weighted by atomic mass is 10.1. The Bertz CT molecular complexity index is 705. The standard InChI is InChI=1S/C19H22F3NO4/c1-24-11-12-27-18-8-3-14(19(20,21)22)13-17(18)23-9-10-26-16-6-4-15(25-2)5-7-16/h3-8,13,23H,9-12H2,1-2H3. The van der Waals surface area contributed by atoms with Gasteiger partial charge in [0.2, 0.25) is 0 Å². The molecule has 0 aliphatic rings. The van der Waals surface area contributed by atoms with Gasteiger partial charge in [0.1, 0.15) is 30.5 Å². The van der Waals surface area contributed by atoms with Crippen molar-refractivity contribution in [2.24, 2.45) is 0 Å². The highest BCUT2D eigenvalue weighted by molar-refractivity contribution is 5.58. The maximum absolute atomic E-state index is 13.0. The van der Waals surface area contributed by atoms with Gasteiger partial charge in [0.25, 0.3) is 0 Å². The predicted molar refractivity (Wildman–Crippen MR) is 95.8 cm³/mol. The molecule has 0 aromatic heterocycles. The molecule has 2 rings (SSSR count). The predicted octanol–water partition coefficient (Wildman–Crippen LogP) is 4.23. The lowest BCUT2D eigenvalue weighted by Crippen LogP contribution is -2.14. The molecular weight excluding hydrogens is 363 g/mol. The Hall–Kier alpha value is -2.61. The Balaban J connectivity index is 1.96. The van der Waals surface area contributed by atoms with Crippen LogP contribution in [0.3, 0.4) is 0 Å². The molecule has 0 radical (unpaired) electrons. The van der Waals surface area contributed by atoms with Crippen LogP contribution >= 0.6 is 0 Å². The van der Waals surface area contributed by atoms with Crippen molar-refractivity contribution in [1.29, 1.82) is 0 Å². The van der Waals surface area contributed by atoms with E-state index in [4.69, 9.17) is 18.9 Å². The van der Waals surface area contributed by atoms with E-state index >= 15 is 0 Å². The van der Waals surface area contributed by atoms with Crippen LogP contribution < -0.4 is 19.5 Å². The summed E-state index contributed by atoms with van der Waals surface area (Å²) in [5, 5.41) is 2.93. The van der Waals surface area contributed by atoms with Gasteiger partial charge in [-0.3, -0.25) is 0 Å². The van der Waals surface area contributed by atoms with Crippen LogP contribution in [0, 0.1) is 0 Å². The van der Waals surface area contributed by atoms with Gasteiger partial charge in [0.15, 0.2) is 0 Å². The molecule has 0 spiro atoms. The number of rotatable bonds is 10. The van der Waals surface area contributed by atoms with E-state index in [2.05, 4.69) is 5.32 Å². The van der Waals surface area contributed by atoms with Crippen LogP contribution in [-0.4, -0.2) is 40.6 Å². The van der Waals surface area contributed by atoms with Gasteiger partial charge in [0, 0.05) is 13.7 Å². The van der Waals surface area contributed by atoms with Crippen LogP contribution in [-0.2, 0) is 10.9 Å². The summed E-state index contributed by atoms with van der Waals surface area (Å²) in [5.41, 5.74) is -0.501. The fourth-order valence-electron chi connectivity index (χ4n) is 2.23. The molecule has 0 saturated carbocycles. The molecule has 5 nitrogen and oxygen atoms in total. The Kier molecular flexibility index (Phi) is 7.60. The highest BCUT2D eigenvalue weighted by Crippen LogP contribution is 2.35. The summed E-state index contributed by atoms with van der Waals surface area (Å²) in [6, 6.07) is 10.3. The minimum Gasteiger partial charge on any atom is -0.497 e. The van der Waals surface area contributed by atoms with Crippen molar-refractivity contribution in [3.63, 3.8) is 0 Å². The summed E-state index contributed by atoms with van der Waals surface area (Å²) >= 11 is 0. The van der Waals surface area contributed by atoms with Gasteiger partial charge in [0.05, 0.1) is 25.0 Å². The number of halogens is 3. The number of alkyl halides is 3. The van der Waals surface area contributed by atoms with E-state index in [9.17, 15) is 13.2 Å². The molecule has 0 saturated heterocycles. The highest BCUT2D eigenvalue weighted by atomic mass is 19.4. The van der Waals surface area contributed by atoms with Gasteiger partial charge in [-0.2, -0.15) is 13.2 Å². The van der Waals surface area contributed by atoms with Crippen molar-refractivity contribution in [3.8, 4) is 17.2 Å². The summed E-state index contributed by atoms with van der Waals surface area (Å²) in [5.74, 6) is 1.67. The van der Waals surface area contributed by atoms with Crippen molar-refractivity contribution in [2.75, 3.05) is 45.9 Å². The van der Waals surface area contributed by atoms with E-state index in [0.29, 0.717) is 30.4 Å². The molecule has 0 heterocycles. The maximum atomic E-state index is 13.0. The molecule has 148 valence electrons. The first-order chi connectivity index (χ1) is 12.9. The van der Waals surface area contributed by atoms with Crippen molar-refractivity contribution in [3.05, 3.63) is 48.0 Å². The van der Waals surface area contributed by atoms with Crippen LogP contribution in [0.4, 0.5) is 18.9 Å². The van der Waals surface area contributed by atoms with E-state index in [-0.39, 0.29) is 18.9 Å². The summed E-state index contributed by atoms with van der Waals surface area (Å²) in [6.45, 7) is 1.13. The lowest BCUT2D eigenvalue weighted by molar-refractivity contribution is -0.137. The summed E-state index contributed by atoms with van der Waals surface area (Å²) in [4.78, 5) is 0. The zero-order chi connectivity index (χ0) is 19.7. The van der Waals surface area contributed by atoms with Gasteiger partial charge >= 0.3 is 6.18 Å². The van der Waals surface area contributed by atoms with Crippen molar-refractivity contribution in [2.45, 2.75) is 6.18 Å². The molecule has 0 fully saturated rings. The third-order valence-electron chi connectivity index (χ3n) is 3.60. The number of hydrogen-bond acceptors (Lipinski definition) is 5. The van der Waals surface area contributed by atoms with Crippen molar-refractivity contribution in [1.82, 2.24) is 0 Å². The van der Waals surface area contributed by atoms with Gasteiger partial charge in [-0.05, 0) is 42.5 Å². The number of hydrogen-bond donors (Lipinski definition) is 1. The highest BCUT2D eigenvalue weighted by Gasteiger charge is 2.31. The van der Waals surface area contributed by atoms with E-state index in [1.54, 1.807) is 31.4 Å². The van der Waals surface area contributed by atoms with Crippen molar-refractivity contribution < 1.29 is 32.1 Å². The quantitative estimate of drug-likeness (QED) is 0.621. The zero-order valence-corrected chi connectivity index (χ0v) is 15.1. The van der Waals surface area contributed by atoms with Crippen LogP contribution in [0.15, 0.2) is 42.5 Å². The first kappa shape index (κ1) is 20.7. The average Bonchev–Trinajstić information content (AvgIpc) is 2.66. The van der Waals surface area contributed by atoms with E-state index in [1.165, 1.54) is 13.2 Å². The van der Waals surface area contributed by atoms with Crippen molar-refractivity contribution >= 4 is 5.69 Å². The molecule has 0 unspecified atom stereocenters. The Morgan fingerprint density at radius 3 is 2.19 bits per heavy atom. The number of ether oxygens (including phenoxy) is 4. The molecule has 1 N–H and O–H groups in total. The minimum absolute atomic E-state index is 0.235. The fraction of sp³-hybridized carbons (Fsp3) is 0.368. The molecular formula is C19H22F3NO4. The number of benzene rings is 2. The van der Waals surface area contributed by atoms with E-state index < -0.39 is 11.7 Å². The molecule has 27 heavy (non-hydrogen) atoms. The first-order valence-electron chi connectivity index (χ1n) is 8.27. The van der Waals surface area contributed by atoms with Crippen LogP contribution in [0.25, 0.3) is 0 Å². The van der Waals surface area contributed by atoms with E-state index in [1.807, 2.05) is 0 Å². The van der Waals surface area contributed by atoms with Gasteiger partial charge in [-0.25, -0.2) is 0 Å². The molecule has 0 aliphatic heterocycles. The zero-order valence-electron chi connectivity index (χ0n) is 15.1. The second-order valence-corrected chi connectivity index (χ2v) is 5.50.